The van der Waals surface area contributed by atoms with Crippen molar-refractivity contribution in [3.05, 3.63) is 90.5 Å². The number of β-lactam (4-membered cyclic amide) rings is 1. The summed E-state index contributed by atoms with van der Waals surface area (Å²) in [5.74, 6) is -1.06. The molecule has 2 aliphatic rings. The van der Waals surface area contributed by atoms with Crippen molar-refractivity contribution in [1.82, 2.24) is 10.2 Å². The quantitative estimate of drug-likeness (QED) is 0.475. The van der Waals surface area contributed by atoms with Gasteiger partial charge in [-0.3, -0.25) is 14.4 Å². The molecular formula is C27H24N2O4S2. The Balaban J connectivity index is 1.30. The lowest BCUT2D eigenvalue weighted by molar-refractivity contribution is -0.152. The van der Waals surface area contributed by atoms with Crippen LogP contribution in [0.4, 0.5) is 0 Å². The Labute approximate surface area is 212 Å². The van der Waals surface area contributed by atoms with E-state index in [1.54, 1.807) is 4.90 Å². The first-order valence-electron chi connectivity index (χ1n) is 11.3. The molecule has 2 fully saturated rings. The van der Waals surface area contributed by atoms with Crippen LogP contribution in [0.15, 0.2) is 89.8 Å². The zero-order valence-electron chi connectivity index (χ0n) is 18.8. The van der Waals surface area contributed by atoms with E-state index in [9.17, 15) is 19.5 Å². The monoisotopic (exact) mass is 504 g/mol. The second kappa shape index (κ2) is 9.79. The molecule has 3 atom stereocenters. The zero-order chi connectivity index (χ0) is 24.4. The summed E-state index contributed by atoms with van der Waals surface area (Å²) in [4.78, 5) is 40.4. The molecule has 0 aliphatic carbocycles. The minimum absolute atomic E-state index is 0.0949. The van der Waals surface area contributed by atoms with Crippen molar-refractivity contribution in [3.63, 3.8) is 0 Å². The van der Waals surface area contributed by atoms with Crippen molar-refractivity contribution in [2.75, 3.05) is 12.3 Å². The maximum Gasteiger partial charge on any atom is 0.322 e. The minimum Gasteiger partial charge on any atom is -0.480 e. The van der Waals surface area contributed by atoms with E-state index in [4.69, 9.17) is 0 Å². The molecule has 35 heavy (non-hydrogen) atoms. The summed E-state index contributed by atoms with van der Waals surface area (Å²) in [5, 5.41) is 12.9. The van der Waals surface area contributed by atoms with Crippen molar-refractivity contribution in [2.45, 2.75) is 27.5 Å². The summed E-state index contributed by atoms with van der Waals surface area (Å²) in [6.07, 6.45) is 0.202. The Kier molecular flexibility index (Phi) is 6.58. The van der Waals surface area contributed by atoms with Gasteiger partial charge in [0.2, 0.25) is 11.8 Å². The number of amides is 2. The molecule has 2 N–H and O–H groups in total. The molecule has 2 saturated heterocycles. The number of benzene rings is 3. The van der Waals surface area contributed by atoms with E-state index in [1.807, 2.05) is 84.9 Å². The molecule has 3 aromatic carbocycles. The lowest BCUT2D eigenvalue weighted by Gasteiger charge is -2.53. The number of carboxylic acid groups (broad SMARTS) is 1. The summed E-state index contributed by atoms with van der Waals surface area (Å²) in [6, 6.07) is 26.4. The normalized spacial score (nSPS) is 23.2. The summed E-state index contributed by atoms with van der Waals surface area (Å²) < 4.78 is -1.18. The smallest absolute Gasteiger partial charge is 0.322 e. The fourth-order valence-electron chi connectivity index (χ4n) is 4.41. The van der Waals surface area contributed by atoms with Crippen LogP contribution in [0.5, 0.6) is 0 Å². The number of nitrogens with one attached hydrogen (secondary N) is 1. The molecule has 0 saturated carbocycles. The van der Waals surface area contributed by atoms with Gasteiger partial charge in [0.1, 0.15) is 16.2 Å². The zero-order valence-corrected chi connectivity index (χ0v) is 20.4. The third-order valence-corrected chi connectivity index (χ3v) is 9.37. The molecule has 0 spiro atoms. The highest BCUT2D eigenvalue weighted by Crippen LogP contribution is 2.48. The second-order valence-corrected chi connectivity index (χ2v) is 11.2. The predicted octanol–water partition coefficient (Wildman–Crippen LogP) is 3.91. The fraction of sp³-hybridized carbons (Fsp3) is 0.222. The van der Waals surface area contributed by atoms with Gasteiger partial charge >= 0.3 is 5.97 Å². The minimum atomic E-state index is -1.18. The van der Waals surface area contributed by atoms with Gasteiger partial charge in [-0.2, -0.15) is 0 Å². The van der Waals surface area contributed by atoms with Crippen LogP contribution < -0.4 is 5.32 Å². The van der Waals surface area contributed by atoms with Gasteiger partial charge in [0.15, 0.2) is 0 Å². The number of rotatable bonds is 7. The Morgan fingerprint density at radius 2 is 1.66 bits per heavy atom. The van der Waals surface area contributed by atoms with Gasteiger partial charge in [-0.15, -0.1) is 23.5 Å². The topological polar surface area (TPSA) is 86.7 Å². The molecule has 2 amide bonds. The fourth-order valence-corrected chi connectivity index (χ4v) is 7.40. The van der Waals surface area contributed by atoms with Gasteiger partial charge in [-0.25, -0.2) is 0 Å². The molecule has 8 heteroatoms. The Hall–Kier alpha value is -3.23. The first-order valence-corrected chi connectivity index (χ1v) is 13.2. The molecule has 3 aromatic rings. The van der Waals surface area contributed by atoms with E-state index < -0.39 is 16.8 Å². The molecule has 2 aliphatic heterocycles. The summed E-state index contributed by atoms with van der Waals surface area (Å²) >= 11 is 2.72. The van der Waals surface area contributed by atoms with E-state index >= 15 is 0 Å². The molecule has 5 rings (SSSR count). The number of nitrogens with zero attached hydrogens (tertiary/aromatic N) is 1. The van der Waals surface area contributed by atoms with Gasteiger partial charge in [0.25, 0.3) is 0 Å². The number of carbonyl (C=O) groups is 3. The molecule has 2 heterocycles. The Morgan fingerprint density at radius 3 is 2.37 bits per heavy atom. The number of thioether (sulfide) groups is 2. The Bertz CT molecular complexity index is 1250. The number of carbonyl (C=O) groups excluding carboxylic acids is 2. The van der Waals surface area contributed by atoms with Crippen LogP contribution in [0.2, 0.25) is 0 Å². The number of fused-ring (bicyclic) bond motifs is 1. The highest BCUT2D eigenvalue weighted by molar-refractivity contribution is 8.05. The van der Waals surface area contributed by atoms with Crippen LogP contribution >= 0.6 is 23.5 Å². The van der Waals surface area contributed by atoms with Crippen molar-refractivity contribution in [1.29, 1.82) is 0 Å². The van der Waals surface area contributed by atoms with Crippen molar-refractivity contribution in [2.24, 2.45) is 0 Å². The van der Waals surface area contributed by atoms with E-state index in [-0.39, 0.29) is 30.2 Å². The predicted molar refractivity (Wildman–Crippen MR) is 138 cm³/mol. The molecule has 0 radical (unpaired) electrons. The van der Waals surface area contributed by atoms with Crippen molar-refractivity contribution < 1.29 is 19.5 Å². The van der Waals surface area contributed by atoms with E-state index in [0.29, 0.717) is 5.75 Å². The third kappa shape index (κ3) is 4.68. The lowest BCUT2D eigenvalue weighted by atomic mass is 10.0. The maximum atomic E-state index is 12.9. The molecule has 0 aromatic heterocycles. The van der Waals surface area contributed by atoms with Crippen LogP contribution in [-0.2, 0) is 20.8 Å². The number of carboxylic acids is 1. The Morgan fingerprint density at radius 1 is 1.00 bits per heavy atom. The highest BCUT2D eigenvalue weighted by atomic mass is 32.2. The molecule has 6 nitrogen and oxygen atoms in total. The SMILES string of the molecule is O=C(Cc1ccccc1)NC1C(=O)N2CC(Sc3ccccc3-c3ccccc3)(C(=O)O)CS[C@H]12. The van der Waals surface area contributed by atoms with Crippen molar-refractivity contribution in [3.8, 4) is 11.1 Å². The van der Waals surface area contributed by atoms with Crippen LogP contribution in [0.1, 0.15) is 5.56 Å². The van der Waals surface area contributed by atoms with Crippen LogP contribution in [0.25, 0.3) is 11.1 Å². The number of hydrogen-bond acceptors (Lipinski definition) is 5. The first-order chi connectivity index (χ1) is 17.0. The summed E-state index contributed by atoms with van der Waals surface area (Å²) in [5.41, 5.74) is 2.86. The van der Waals surface area contributed by atoms with Gasteiger partial charge in [0.05, 0.1) is 6.42 Å². The second-order valence-electron chi connectivity index (χ2n) is 8.64. The van der Waals surface area contributed by atoms with Gasteiger partial charge in [-0.1, -0.05) is 78.9 Å². The number of aliphatic carboxylic acids is 1. The van der Waals surface area contributed by atoms with Crippen LogP contribution in [-0.4, -0.2) is 56.3 Å². The molecule has 2 unspecified atom stereocenters. The summed E-state index contributed by atoms with van der Waals surface area (Å²) in [7, 11) is 0. The van der Waals surface area contributed by atoms with Gasteiger partial charge in [0, 0.05) is 17.2 Å². The van der Waals surface area contributed by atoms with Gasteiger partial charge < -0.3 is 15.3 Å². The largest absolute Gasteiger partial charge is 0.480 e. The van der Waals surface area contributed by atoms with E-state index in [2.05, 4.69) is 5.32 Å². The molecular weight excluding hydrogens is 480 g/mol. The summed E-state index contributed by atoms with van der Waals surface area (Å²) in [6.45, 7) is 0.0949. The molecule has 178 valence electrons. The highest BCUT2D eigenvalue weighted by Gasteiger charge is 2.58. The standard InChI is InChI=1S/C27H24N2O4S2/c30-22(15-18-9-3-1-4-10-18)28-23-24(31)29-16-27(26(32)33,17-34-25(23)29)35-21-14-8-7-13-20(21)19-11-5-2-6-12-19/h1-14,23,25H,15-17H2,(H,28,30)(H,32,33)/t23?,25-,27?/m1/s1. The van der Waals surface area contributed by atoms with Gasteiger partial charge in [-0.05, 0) is 22.8 Å². The molecule has 0 bridgehead atoms. The average Bonchev–Trinajstić information content (AvgIpc) is 2.88. The lowest BCUT2D eigenvalue weighted by Crippen LogP contribution is -2.74. The third-order valence-electron chi connectivity index (χ3n) is 6.25. The number of hydrogen-bond donors (Lipinski definition) is 2. The maximum absolute atomic E-state index is 12.9. The van der Waals surface area contributed by atoms with Crippen LogP contribution in [0, 0.1) is 0 Å². The first kappa shape index (κ1) is 23.5. The average molecular weight is 505 g/mol. The van der Waals surface area contributed by atoms with E-state index in [0.717, 1.165) is 21.6 Å². The van der Waals surface area contributed by atoms with Crippen LogP contribution in [0.3, 0.4) is 0 Å². The van der Waals surface area contributed by atoms with E-state index in [1.165, 1.54) is 23.5 Å². The van der Waals surface area contributed by atoms with Crippen molar-refractivity contribution >= 4 is 41.3 Å².